The summed E-state index contributed by atoms with van der Waals surface area (Å²) in [5.74, 6) is 2.09. The van der Waals surface area contributed by atoms with E-state index in [0.29, 0.717) is 30.1 Å². The molecule has 0 aromatic rings. The van der Waals surface area contributed by atoms with Gasteiger partial charge in [0.1, 0.15) is 18.3 Å². The Bertz CT molecular complexity index is 870. The molecule has 1 aliphatic heterocycles. The summed E-state index contributed by atoms with van der Waals surface area (Å²) in [7, 11) is 0. The summed E-state index contributed by atoms with van der Waals surface area (Å²) >= 11 is 0. The van der Waals surface area contributed by atoms with Crippen molar-refractivity contribution >= 4 is 0 Å². The van der Waals surface area contributed by atoms with Gasteiger partial charge in [-0.2, -0.15) is 0 Å². The quantitative estimate of drug-likeness (QED) is 0.276. The molecule has 0 aromatic carbocycles. The molecule has 5 rings (SSSR count). The lowest BCUT2D eigenvalue weighted by molar-refractivity contribution is -0.286. The van der Waals surface area contributed by atoms with Gasteiger partial charge in [-0.1, -0.05) is 34.6 Å². The van der Waals surface area contributed by atoms with E-state index in [1.807, 2.05) is 0 Å². The first-order valence-corrected chi connectivity index (χ1v) is 16.1. The Morgan fingerprint density at radius 3 is 2.17 bits per heavy atom. The van der Waals surface area contributed by atoms with Crippen molar-refractivity contribution in [3.8, 4) is 0 Å². The van der Waals surface area contributed by atoms with Crippen LogP contribution in [0.25, 0.3) is 0 Å². The Morgan fingerprint density at radius 1 is 0.775 bits per heavy atom. The Labute approximate surface area is 240 Å². The van der Waals surface area contributed by atoms with Crippen LogP contribution in [0.5, 0.6) is 0 Å². The van der Waals surface area contributed by atoms with Gasteiger partial charge in [-0.05, 0) is 110 Å². The van der Waals surface area contributed by atoms with Gasteiger partial charge in [0.25, 0.3) is 0 Å². The van der Waals surface area contributed by atoms with Gasteiger partial charge >= 0.3 is 0 Å². The molecule has 4 saturated carbocycles. The van der Waals surface area contributed by atoms with Gasteiger partial charge in [-0.25, -0.2) is 0 Å². The maximum Gasteiger partial charge on any atom is 0.186 e. The van der Waals surface area contributed by atoms with Gasteiger partial charge in [0.05, 0.1) is 31.0 Å². The van der Waals surface area contributed by atoms with E-state index in [9.17, 15) is 30.6 Å². The number of ether oxygens (including phenoxy) is 2. The van der Waals surface area contributed by atoms with Crippen molar-refractivity contribution in [3.05, 3.63) is 0 Å². The van der Waals surface area contributed by atoms with E-state index in [4.69, 9.17) is 9.47 Å². The lowest BCUT2D eigenvalue weighted by atomic mass is 9.43. The second-order valence-corrected chi connectivity index (χ2v) is 15.3. The van der Waals surface area contributed by atoms with Crippen LogP contribution in [0, 0.1) is 52.3 Å². The molecular formula is C32H56O8. The maximum atomic E-state index is 11.6. The molecular weight excluding hydrogens is 512 g/mol. The molecule has 4 aliphatic carbocycles. The first-order valence-electron chi connectivity index (χ1n) is 16.1. The van der Waals surface area contributed by atoms with Crippen LogP contribution in [0.3, 0.4) is 0 Å². The minimum Gasteiger partial charge on any atom is -0.393 e. The van der Waals surface area contributed by atoms with Crippen molar-refractivity contribution < 1.29 is 40.1 Å². The van der Waals surface area contributed by atoms with Crippen LogP contribution in [0.15, 0.2) is 0 Å². The molecule has 232 valence electrons. The summed E-state index contributed by atoms with van der Waals surface area (Å²) in [5.41, 5.74) is 0.0533. The Morgan fingerprint density at radius 2 is 1.48 bits per heavy atom. The number of rotatable bonds is 7. The van der Waals surface area contributed by atoms with Crippen LogP contribution in [-0.2, 0) is 9.47 Å². The minimum absolute atomic E-state index is 0.0220. The van der Waals surface area contributed by atoms with Crippen molar-refractivity contribution in [3.63, 3.8) is 0 Å². The molecule has 0 aromatic heterocycles. The highest BCUT2D eigenvalue weighted by Gasteiger charge is 2.64. The topological polar surface area (TPSA) is 140 Å². The summed E-state index contributed by atoms with van der Waals surface area (Å²) in [5, 5.41) is 63.5. The van der Waals surface area contributed by atoms with E-state index in [1.54, 1.807) is 0 Å². The summed E-state index contributed by atoms with van der Waals surface area (Å²) in [6, 6.07) is 0. The maximum absolute atomic E-state index is 11.6. The number of hydrogen-bond acceptors (Lipinski definition) is 8. The fourth-order valence-electron chi connectivity index (χ4n) is 10.5. The molecule has 5 aliphatic rings. The van der Waals surface area contributed by atoms with Gasteiger partial charge < -0.3 is 40.1 Å². The molecule has 40 heavy (non-hydrogen) atoms. The lowest BCUT2D eigenvalue weighted by Crippen LogP contribution is -2.59. The molecule has 0 unspecified atom stereocenters. The SMILES string of the molecule is CC(C)[C@H](CC[C@@H](C)[C@H]1C[C@@H](O)[C@H]2[C@@H]3C[C@H](O)[C@H]4C[C@@H](O)CC[C@]4(C)[C@H]3CC[C@@]21C)O[C@@H]1OC[C@@H](O)[C@H](O)[C@H]1O. The average molecular weight is 569 g/mol. The second-order valence-electron chi connectivity index (χ2n) is 15.3. The highest BCUT2D eigenvalue weighted by molar-refractivity contribution is 5.13. The molecule has 1 heterocycles. The Hall–Kier alpha value is -0.320. The van der Waals surface area contributed by atoms with E-state index in [1.165, 1.54) is 0 Å². The van der Waals surface area contributed by atoms with E-state index in [2.05, 4.69) is 34.6 Å². The molecule has 1 saturated heterocycles. The molecule has 8 nitrogen and oxygen atoms in total. The van der Waals surface area contributed by atoms with Crippen LogP contribution >= 0.6 is 0 Å². The van der Waals surface area contributed by atoms with Gasteiger partial charge in [-0.15, -0.1) is 0 Å². The number of fused-ring (bicyclic) bond motifs is 5. The van der Waals surface area contributed by atoms with Crippen LogP contribution in [0.1, 0.15) is 92.4 Å². The summed E-state index contributed by atoms with van der Waals surface area (Å²) in [4.78, 5) is 0. The van der Waals surface area contributed by atoms with Gasteiger partial charge in [0.15, 0.2) is 6.29 Å². The highest BCUT2D eigenvalue weighted by Crippen LogP contribution is 2.68. The van der Waals surface area contributed by atoms with E-state index < -0.39 is 30.7 Å². The minimum atomic E-state index is -1.29. The third-order valence-electron chi connectivity index (χ3n) is 12.8. The number of aliphatic hydroxyl groups is 6. The normalized spacial score (nSPS) is 52.5. The van der Waals surface area contributed by atoms with E-state index >= 15 is 0 Å². The van der Waals surface area contributed by atoms with Crippen molar-refractivity contribution in [2.45, 2.75) is 141 Å². The Kier molecular flexibility index (Phi) is 9.06. The second kappa shape index (κ2) is 11.6. The first kappa shape index (κ1) is 31.1. The smallest absolute Gasteiger partial charge is 0.186 e. The van der Waals surface area contributed by atoms with E-state index in [0.717, 1.165) is 51.4 Å². The first-order chi connectivity index (χ1) is 18.8. The molecule has 6 N–H and O–H groups in total. The zero-order valence-electron chi connectivity index (χ0n) is 25.2. The third kappa shape index (κ3) is 5.31. The highest BCUT2D eigenvalue weighted by atomic mass is 16.7. The van der Waals surface area contributed by atoms with Crippen molar-refractivity contribution in [2.75, 3.05) is 6.61 Å². The standard InChI is InChI=1S/C32H56O8/c1-16(2)26(40-30-29(38)28(37)25(36)15-39-30)7-6-17(3)21-14-24(35)27-19-13-23(34)22-12-18(33)8-10-31(22,4)20(19)9-11-32(21,27)5/h16-30,33-38H,6-15H2,1-5H3/t17-,18+,19-,20+,21-,22-,23+,24-,25-,26+,27-,28+,29-,30+,31-,32-/m1/s1. The fraction of sp³-hybridized carbons (Fsp3) is 1.00. The molecule has 0 bridgehead atoms. The fourth-order valence-corrected chi connectivity index (χ4v) is 10.5. The van der Waals surface area contributed by atoms with Crippen molar-refractivity contribution in [1.82, 2.24) is 0 Å². The number of hydrogen-bond donors (Lipinski definition) is 6. The lowest BCUT2D eigenvalue weighted by Gasteiger charge is -2.62. The predicted octanol–water partition coefficient (Wildman–Crippen LogP) is 2.84. The summed E-state index contributed by atoms with van der Waals surface area (Å²) in [6.07, 6.45) is 2.05. The van der Waals surface area contributed by atoms with Crippen molar-refractivity contribution in [2.24, 2.45) is 52.3 Å². The summed E-state index contributed by atoms with van der Waals surface area (Å²) < 4.78 is 11.7. The van der Waals surface area contributed by atoms with Gasteiger partial charge in [0, 0.05) is 0 Å². The zero-order chi connectivity index (χ0) is 29.1. The van der Waals surface area contributed by atoms with Crippen LogP contribution < -0.4 is 0 Å². The van der Waals surface area contributed by atoms with Crippen molar-refractivity contribution in [1.29, 1.82) is 0 Å². The molecule has 0 spiro atoms. The number of aliphatic hydroxyl groups excluding tert-OH is 6. The summed E-state index contributed by atoms with van der Waals surface area (Å²) in [6.45, 7) is 11.1. The van der Waals surface area contributed by atoms with Gasteiger partial charge in [-0.3, -0.25) is 0 Å². The molecule has 16 atom stereocenters. The van der Waals surface area contributed by atoms with E-state index in [-0.39, 0.29) is 53.5 Å². The van der Waals surface area contributed by atoms with Crippen LogP contribution in [0.4, 0.5) is 0 Å². The predicted molar refractivity (Wildman–Crippen MR) is 150 cm³/mol. The third-order valence-corrected chi connectivity index (χ3v) is 12.8. The monoisotopic (exact) mass is 568 g/mol. The largest absolute Gasteiger partial charge is 0.393 e. The van der Waals surface area contributed by atoms with Crippen LogP contribution in [-0.4, -0.2) is 86.3 Å². The Balaban J connectivity index is 1.26. The molecule has 0 amide bonds. The van der Waals surface area contributed by atoms with Gasteiger partial charge in [0.2, 0.25) is 0 Å². The molecule has 8 heteroatoms. The molecule has 0 radical (unpaired) electrons. The zero-order valence-corrected chi connectivity index (χ0v) is 25.2. The van der Waals surface area contributed by atoms with Crippen LogP contribution in [0.2, 0.25) is 0 Å². The average Bonchev–Trinajstić information content (AvgIpc) is 3.17. The molecule has 5 fully saturated rings.